The van der Waals surface area contributed by atoms with Gasteiger partial charge in [0.25, 0.3) is 0 Å². The van der Waals surface area contributed by atoms with Gasteiger partial charge >= 0.3 is 0 Å². The summed E-state index contributed by atoms with van der Waals surface area (Å²) in [6, 6.07) is 1.85. The van der Waals surface area contributed by atoms with Crippen molar-refractivity contribution in [3.8, 4) is 5.88 Å². The van der Waals surface area contributed by atoms with Gasteiger partial charge in [0, 0.05) is 30.3 Å². The van der Waals surface area contributed by atoms with Gasteiger partial charge in [-0.1, -0.05) is 6.92 Å². The first kappa shape index (κ1) is 14.7. The number of thiazole rings is 1. The molecule has 108 valence electrons. The smallest absolute Gasteiger partial charge is 0.218 e. The molecule has 6 heteroatoms. The normalized spacial score (nSPS) is 10.6. The van der Waals surface area contributed by atoms with Crippen LogP contribution in [0.15, 0.2) is 11.6 Å². The standard InChI is InChI=1S/C14H20N4OS/c1-4-12-17-13(15-5-2)8-14(18-12)19-7-6-11-10(3)16-9-20-11/h8-9H,4-7H2,1-3H3,(H,15,17,18). The van der Waals surface area contributed by atoms with E-state index in [1.807, 2.05) is 32.3 Å². The third-order valence-corrected chi connectivity index (χ3v) is 3.84. The third-order valence-electron chi connectivity index (χ3n) is 2.85. The van der Waals surface area contributed by atoms with E-state index in [4.69, 9.17) is 4.74 Å². The Morgan fingerprint density at radius 1 is 1.30 bits per heavy atom. The SMILES string of the molecule is CCNc1cc(OCCc2scnc2C)nc(CC)n1. The van der Waals surface area contributed by atoms with E-state index in [1.165, 1.54) is 4.88 Å². The predicted octanol–water partition coefficient (Wildman–Crippen LogP) is 2.86. The second-order valence-electron chi connectivity index (χ2n) is 4.35. The van der Waals surface area contributed by atoms with Gasteiger partial charge in [0.05, 0.1) is 17.8 Å². The second-order valence-corrected chi connectivity index (χ2v) is 5.29. The Kier molecular flexibility index (Phi) is 5.29. The molecule has 2 aromatic heterocycles. The fourth-order valence-corrected chi connectivity index (χ4v) is 2.55. The van der Waals surface area contributed by atoms with Gasteiger partial charge in [0.15, 0.2) is 0 Å². The molecule has 2 rings (SSSR count). The monoisotopic (exact) mass is 292 g/mol. The van der Waals surface area contributed by atoms with Gasteiger partial charge in [-0.15, -0.1) is 11.3 Å². The first-order valence-electron chi connectivity index (χ1n) is 6.86. The molecule has 0 radical (unpaired) electrons. The fraction of sp³-hybridized carbons (Fsp3) is 0.500. The molecule has 0 aliphatic carbocycles. The number of nitrogens with zero attached hydrogens (tertiary/aromatic N) is 3. The molecule has 0 bridgehead atoms. The summed E-state index contributed by atoms with van der Waals surface area (Å²) in [5.41, 5.74) is 2.96. The maximum absolute atomic E-state index is 5.75. The van der Waals surface area contributed by atoms with Crippen LogP contribution in [0, 0.1) is 6.92 Å². The van der Waals surface area contributed by atoms with Gasteiger partial charge in [0.1, 0.15) is 11.6 Å². The number of hydrogen-bond acceptors (Lipinski definition) is 6. The zero-order valence-corrected chi connectivity index (χ0v) is 13.0. The molecule has 1 N–H and O–H groups in total. The number of rotatable bonds is 7. The summed E-state index contributed by atoms with van der Waals surface area (Å²) < 4.78 is 5.75. The molecular formula is C14H20N4OS. The van der Waals surface area contributed by atoms with Gasteiger partial charge in [-0.2, -0.15) is 4.98 Å². The molecule has 0 unspecified atom stereocenters. The largest absolute Gasteiger partial charge is 0.477 e. The molecule has 0 saturated heterocycles. The molecule has 0 fully saturated rings. The van der Waals surface area contributed by atoms with Crippen molar-refractivity contribution in [2.24, 2.45) is 0 Å². The molecular weight excluding hydrogens is 272 g/mol. The number of aromatic nitrogens is 3. The van der Waals surface area contributed by atoms with Crippen molar-refractivity contribution >= 4 is 17.2 Å². The molecule has 5 nitrogen and oxygen atoms in total. The Balaban J connectivity index is 1.97. The van der Waals surface area contributed by atoms with Crippen LogP contribution in [0.25, 0.3) is 0 Å². The van der Waals surface area contributed by atoms with E-state index in [2.05, 4.69) is 20.3 Å². The summed E-state index contributed by atoms with van der Waals surface area (Å²) in [7, 11) is 0. The Bertz CT molecular complexity index is 556. The number of hydrogen-bond donors (Lipinski definition) is 1. The number of ether oxygens (including phenoxy) is 1. The van der Waals surface area contributed by atoms with Gasteiger partial charge < -0.3 is 10.1 Å². The Morgan fingerprint density at radius 2 is 2.15 bits per heavy atom. The minimum Gasteiger partial charge on any atom is -0.477 e. The maximum atomic E-state index is 5.75. The minimum atomic E-state index is 0.606. The summed E-state index contributed by atoms with van der Waals surface area (Å²) in [5, 5.41) is 3.20. The number of anilines is 1. The van der Waals surface area contributed by atoms with Crippen LogP contribution in [0.2, 0.25) is 0 Å². The molecule has 0 spiro atoms. The van der Waals surface area contributed by atoms with Gasteiger partial charge in [-0.25, -0.2) is 9.97 Å². The average Bonchev–Trinajstić information content (AvgIpc) is 2.84. The van der Waals surface area contributed by atoms with E-state index < -0.39 is 0 Å². The van der Waals surface area contributed by atoms with E-state index in [0.717, 1.165) is 36.7 Å². The van der Waals surface area contributed by atoms with Crippen LogP contribution in [0.1, 0.15) is 30.2 Å². The molecule has 2 heterocycles. The van der Waals surface area contributed by atoms with Gasteiger partial charge in [-0.05, 0) is 13.8 Å². The van der Waals surface area contributed by atoms with Crippen LogP contribution in [-0.2, 0) is 12.8 Å². The van der Waals surface area contributed by atoms with Crippen molar-refractivity contribution in [2.75, 3.05) is 18.5 Å². The third kappa shape index (κ3) is 3.90. The molecule has 2 aromatic rings. The molecule has 0 atom stereocenters. The van der Waals surface area contributed by atoms with Crippen molar-refractivity contribution in [3.05, 3.63) is 28.0 Å². The quantitative estimate of drug-likeness (QED) is 0.850. The van der Waals surface area contributed by atoms with Crippen LogP contribution in [-0.4, -0.2) is 28.1 Å². The highest BCUT2D eigenvalue weighted by Gasteiger charge is 2.06. The summed E-state index contributed by atoms with van der Waals surface area (Å²) in [6.07, 6.45) is 1.65. The van der Waals surface area contributed by atoms with Crippen molar-refractivity contribution in [1.29, 1.82) is 0 Å². The highest BCUT2D eigenvalue weighted by Crippen LogP contribution is 2.16. The lowest BCUT2D eigenvalue weighted by molar-refractivity contribution is 0.308. The summed E-state index contributed by atoms with van der Waals surface area (Å²) >= 11 is 1.67. The number of nitrogens with one attached hydrogen (secondary N) is 1. The second kappa shape index (κ2) is 7.19. The van der Waals surface area contributed by atoms with Crippen LogP contribution in [0.3, 0.4) is 0 Å². The van der Waals surface area contributed by atoms with Crippen LogP contribution in [0.5, 0.6) is 5.88 Å². The van der Waals surface area contributed by atoms with E-state index in [0.29, 0.717) is 12.5 Å². The van der Waals surface area contributed by atoms with E-state index >= 15 is 0 Å². The molecule has 0 aliphatic heterocycles. The van der Waals surface area contributed by atoms with E-state index in [1.54, 1.807) is 11.3 Å². The van der Waals surface area contributed by atoms with Crippen LogP contribution in [0.4, 0.5) is 5.82 Å². The lowest BCUT2D eigenvalue weighted by Crippen LogP contribution is -2.07. The van der Waals surface area contributed by atoms with Crippen molar-refractivity contribution in [1.82, 2.24) is 15.0 Å². The van der Waals surface area contributed by atoms with Gasteiger partial charge in [-0.3, -0.25) is 0 Å². The molecule has 0 aromatic carbocycles. The lowest BCUT2D eigenvalue weighted by Gasteiger charge is -2.09. The Hall–Kier alpha value is -1.69. The highest BCUT2D eigenvalue weighted by atomic mass is 32.1. The summed E-state index contributed by atoms with van der Waals surface area (Å²) in [5.74, 6) is 2.26. The van der Waals surface area contributed by atoms with E-state index in [9.17, 15) is 0 Å². The predicted molar refractivity (Wildman–Crippen MR) is 81.6 cm³/mol. The Labute approximate surface area is 123 Å². The minimum absolute atomic E-state index is 0.606. The lowest BCUT2D eigenvalue weighted by atomic mass is 10.3. The average molecular weight is 292 g/mol. The number of aryl methyl sites for hydroxylation is 2. The van der Waals surface area contributed by atoms with Crippen molar-refractivity contribution in [3.63, 3.8) is 0 Å². The van der Waals surface area contributed by atoms with Crippen LogP contribution < -0.4 is 10.1 Å². The van der Waals surface area contributed by atoms with Crippen molar-refractivity contribution in [2.45, 2.75) is 33.6 Å². The van der Waals surface area contributed by atoms with E-state index in [-0.39, 0.29) is 0 Å². The fourth-order valence-electron chi connectivity index (χ4n) is 1.79. The highest BCUT2D eigenvalue weighted by molar-refractivity contribution is 7.09. The Morgan fingerprint density at radius 3 is 2.80 bits per heavy atom. The maximum Gasteiger partial charge on any atom is 0.218 e. The molecule has 0 amide bonds. The molecule has 0 aliphatic rings. The van der Waals surface area contributed by atoms with Crippen LogP contribution >= 0.6 is 11.3 Å². The zero-order valence-electron chi connectivity index (χ0n) is 12.1. The zero-order chi connectivity index (χ0) is 14.4. The first-order valence-corrected chi connectivity index (χ1v) is 7.74. The topological polar surface area (TPSA) is 59.9 Å². The summed E-state index contributed by atoms with van der Waals surface area (Å²) in [4.78, 5) is 14.3. The molecule has 20 heavy (non-hydrogen) atoms. The van der Waals surface area contributed by atoms with Gasteiger partial charge in [0.2, 0.25) is 5.88 Å². The molecule has 0 saturated carbocycles. The first-order chi connectivity index (χ1) is 9.72. The summed E-state index contributed by atoms with van der Waals surface area (Å²) in [6.45, 7) is 7.54. The van der Waals surface area contributed by atoms with Crippen molar-refractivity contribution < 1.29 is 4.74 Å².